The van der Waals surface area contributed by atoms with E-state index < -0.39 is 18.8 Å². The molecule has 8 heteroatoms. The van der Waals surface area contributed by atoms with Gasteiger partial charge in [-0.3, -0.25) is 4.98 Å². The maximum absolute atomic E-state index is 12.1. The van der Waals surface area contributed by atoms with Crippen molar-refractivity contribution in [2.45, 2.75) is 6.18 Å². The second kappa shape index (κ2) is 6.23. The SMILES string of the molecule is O=C(NCC(F)(F)F)Nc1cccc2c(-c3ccncc3)c[nH]c12. The standard InChI is InChI=1S/C16H13F3N4O/c17-16(18,19)9-22-15(24)23-13-3-1-2-11-12(8-21-14(11)13)10-4-6-20-7-5-10/h1-8,21H,9H2,(H2,22,23,24). The number of halogens is 3. The van der Waals surface area contributed by atoms with Gasteiger partial charge in [0, 0.05) is 29.5 Å². The van der Waals surface area contributed by atoms with Crippen LogP contribution in [-0.2, 0) is 0 Å². The van der Waals surface area contributed by atoms with Gasteiger partial charge in [0.15, 0.2) is 0 Å². The highest BCUT2D eigenvalue weighted by Gasteiger charge is 2.27. The van der Waals surface area contributed by atoms with Gasteiger partial charge >= 0.3 is 12.2 Å². The number of carbonyl (C=O) groups is 1. The van der Waals surface area contributed by atoms with E-state index >= 15 is 0 Å². The predicted molar refractivity (Wildman–Crippen MR) is 84.6 cm³/mol. The Kier molecular flexibility index (Phi) is 4.11. The van der Waals surface area contributed by atoms with Crippen LogP contribution >= 0.6 is 0 Å². The van der Waals surface area contributed by atoms with Gasteiger partial charge in [-0.05, 0) is 23.8 Å². The molecule has 1 aromatic carbocycles. The molecule has 0 atom stereocenters. The van der Waals surface area contributed by atoms with Crippen LogP contribution in [0.15, 0.2) is 48.9 Å². The third-order valence-corrected chi connectivity index (χ3v) is 3.40. The van der Waals surface area contributed by atoms with Gasteiger partial charge in [0.25, 0.3) is 0 Å². The van der Waals surface area contributed by atoms with Crippen molar-refractivity contribution in [2.24, 2.45) is 0 Å². The Morgan fingerprint density at radius 1 is 1.17 bits per heavy atom. The van der Waals surface area contributed by atoms with E-state index in [2.05, 4.69) is 15.3 Å². The van der Waals surface area contributed by atoms with Crippen LogP contribution in [0.1, 0.15) is 0 Å². The van der Waals surface area contributed by atoms with Crippen molar-refractivity contribution < 1.29 is 18.0 Å². The van der Waals surface area contributed by atoms with Gasteiger partial charge in [0.05, 0.1) is 11.2 Å². The number of hydrogen-bond acceptors (Lipinski definition) is 2. The number of nitrogens with one attached hydrogen (secondary N) is 3. The zero-order valence-corrected chi connectivity index (χ0v) is 12.3. The Bertz CT molecular complexity index is 859. The largest absolute Gasteiger partial charge is 0.405 e. The van der Waals surface area contributed by atoms with Crippen molar-refractivity contribution in [1.29, 1.82) is 0 Å². The van der Waals surface area contributed by atoms with Crippen molar-refractivity contribution in [3.05, 3.63) is 48.9 Å². The molecule has 3 rings (SSSR count). The van der Waals surface area contributed by atoms with Crippen molar-refractivity contribution in [1.82, 2.24) is 15.3 Å². The van der Waals surface area contributed by atoms with Gasteiger partial charge in [-0.15, -0.1) is 0 Å². The van der Waals surface area contributed by atoms with E-state index in [9.17, 15) is 18.0 Å². The van der Waals surface area contributed by atoms with Crippen molar-refractivity contribution in [2.75, 3.05) is 11.9 Å². The number of anilines is 1. The number of carbonyl (C=O) groups excluding carboxylic acids is 1. The van der Waals surface area contributed by atoms with Crippen LogP contribution < -0.4 is 10.6 Å². The summed E-state index contributed by atoms with van der Waals surface area (Å²) in [7, 11) is 0. The number of urea groups is 1. The molecule has 0 aliphatic carbocycles. The minimum absolute atomic E-state index is 0.396. The summed E-state index contributed by atoms with van der Waals surface area (Å²) in [6.45, 7) is -1.39. The topological polar surface area (TPSA) is 69.8 Å². The normalized spacial score (nSPS) is 11.5. The predicted octanol–water partition coefficient (Wildman–Crippen LogP) is 3.91. The van der Waals surface area contributed by atoms with Gasteiger partial charge in [0.2, 0.25) is 0 Å². The Balaban J connectivity index is 1.85. The number of hydrogen-bond donors (Lipinski definition) is 3. The van der Waals surface area contributed by atoms with Crippen LogP contribution in [0.25, 0.3) is 22.0 Å². The molecule has 0 saturated carbocycles. The summed E-state index contributed by atoms with van der Waals surface area (Å²) < 4.78 is 36.4. The van der Waals surface area contributed by atoms with E-state index in [1.165, 1.54) is 0 Å². The first-order chi connectivity index (χ1) is 11.4. The first-order valence-electron chi connectivity index (χ1n) is 7.06. The van der Waals surface area contributed by atoms with Crippen molar-refractivity contribution in [3.63, 3.8) is 0 Å². The van der Waals surface area contributed by atoms with Gasteiger partial charge in [0.1, 0.15) is 6.54 Å². The van der Waals surface area contributed by atoms with Crippen molar-refractivity contribution >= 4 is 22.6 Å². The molecule has 3 N–H and O–H groups in total. The summed E-state index contributed by atoms with van der Waals surface area (Å²) in [5.41, 5.74) is 2.88. The number of alkyl halides is 3. The minimum atomic E-state index is -4.45. The zero-order chi connectivity index (χ0) is 17.2. The van der Waals surface area contributed by atoms with E-state index in [0.29, 0.717) is 11.2 Å². The van der Waals surface area contributed by atoms with E-state index in [-0.39, 0.29) is 0 Å². The third kappa shape index (κ3) is 3.48. The van der Waals surface area contributed by atoms with Gasteiger partial charge in [-0.2, -0.15) is 13.2 Å². The van der Waals surface area contributed by atoms with Gasteiger partial charge in [-0.25, -0.2) is 4.79 Å². The lowest BCUT2D eigenvalue weighted by molar-refractivity contribution is -0.122. The molecule has 0 fully saturated rings. The summed E-state index contributed by atoms with van der Waals surface area (Å²) in [6, 6.07) is 7.97. The van der Waals surface area contributed by atoms with E-state index in [0.717, 1.165) is 16.5 Å². The Labute approximate surface area is 134 Å². The first-order valence-corrected chi connectivity index (χ1v) is 7.06. The smallest absolute Gasteiger partial charge is 0.359 e. The lowest BCUT2D eigenvalue weighted by Gasteiger charge is -2.10. The Morgan fingerprint density at radius 3 is 2.62 bits per heavy atom. The number of nitrogens with zero attached hydrogens (tertiary/aromatic N) is 1. The molecular weight excluding hydrogens is 321 g/mol. The second-order valence-electron chi connectivity index (χ2n) is 5.09. The molecule has 0 aliphatic rings. The summed E-state index contributed by atoms with van der Waals surface area (Å²) in [4.78, 5) is 18.6. The van der Waals surface area contributed by atoms with E-state index in [1.807, 2.05) is 18.2 Å². The lowest BCUT2D eigenvalue weighted by atomic mass is 10.1. The molecule has 2 heterocycles. The number of aromatic nitrogens is 2. The number of fused-ring (bicyclic) bond motifs is 1. The molecule has 5 nitrogen and oxygen atoms in total. The summed E-state index contributed by atoms with van der Waals surface area (Å²) in [6.07, 6.45) is 0.658. The highest BCUT2D eigenvalue weighted by Crippen LogP contribution is 2.31. The number of rotatable bonds is 3. The summed E-state index contributed by atoms with van der Waals surface area (Å²) >= 11 is 0. The quantitative estimate of drug-likeness (QED) is 0.679. The van der Waals surface area contributed by atoms with Crippen LogP contribution in [0.4, 0.5) is 23.7 Å². The van der Waals surface area contributed by atoms with Crippen LogP contribution in [0.3, 0.4) is 0 Å². The summed E-state index contributed by atoms with van der Waals surface area (Å²) in [5.74, 6) is 0. The number of aromatic amines is 1. The van der Waals surface area contributed by atoms with Crippen LogP contribution in [0.5, 0.6) is 0 Å². The number of pyridine rings is 1. The Hall–Kier alpha value is -3.03. The highest BCUT2D eigenvalue weighted by atomic mass is 19.4. The molecule has 0 unspecified atom stereocenters. The average Bonchev–Trinajstić information content (AvgIpc) is 2.98. The van der Waals surface area contributed by atoms with Crippen LogP contribution in [0, 0.1) is 0 Å². The van der Waals surface area contributed by atoms with Crippen LogP contribution in [0.2, 0.25) is 0 Å². The zero-order valence-electron chi connectivity index (χ0n) is 12.3. The van der Waals surface area contributed by atoms with Gasteiger partial charge < -0.3 is 15.6 Å². The molecule has 3 aromatic rings. The third-order valence-electron chi connectivity index (χ3n) is 3.40. The number of amides is 2. The first kappa shape index (κ1) is 15.9. The average molecular weight is 334 g/mol. The number of H-pyrrole nitrogens is 1. The molecule has 0 radical (unpaired) electrons. The van der Waals surface area contributed by atoms with Gasteiger partial charge in [-0.1, -0.05) is 12.1 Å². The monoisotopic (exact) mass is 334 g/mol. The number of benzene rings is 1. The molecule has 0 aliphatic heterocycles. The minimum Gasteiger partial charge on any atom is -0.359 e. The molecule has 0 bridgehead atoms. The summed E-state index contributed by atoms with van der Waals surface area (Å²) in [5, 5.41) is 5.05. The van der Waals surface area contributed by atoms with E-state index in [4.69, 9.17) is 0 Å². The maximum Gasteiger partial charge on any atom is 0.405 e. The fourth-order valence-corrected chi connectivity index (χ4v) is 2.38. The molecule has 2 aromatic heterocycles. The molecular formula is C16H13F3N4O. The second-order valence-corrected chi connectivity index (χ2v) is 5.09. The fraction of sp³-hybridized carbons (Fsp3) is 0.125. The molecule has 0 spiro atoms. The van der Waals surface area contributed by atoms with Crippen molar-refractivity contribution in [3.8, 4) is 11.1 Å². The molecule has 2 amide bonds. The number of para-hydroxylation sites is 1. The maximum atomic E-state index is 12.1. The van der Waals surface area contributed by atoms with Crippen LogP contribution in [-0.4, -0.2) is 28.7 Å². The lowest BCUT2D eigenvalue weighted by Crippen LogP contribution is -2.36. The molecule has 124 valence electrons. The fourth-order valence-electron chi connectivity index (χ4n) is 2.38. The Morgan fingerprint density at radius 2 is 1.92 bits per heavy atom. The molecule has 0 saturated heterocycles. The molecule has 24 heavy (non-hydrogen) atoms. The van der Waals surface area contributed by atoms with E-state index in [1.54, 1.807) is 36.0 Å². The highest BCUT2D eigenvalue weighted by molar-refractivity contribution is 6.05.